The molecule has 0 bridgehead atoms. The predicted octanol–water partition coefficient (Wildman–Crippen LogP) is 0.196. The highest BCUT2D eigenvalue weighted by molar-refractivity contribution is 6.20. The number of hydrogen-bond acceptors (Lipinski definition) is 3. The van der Waals surface area contributed by atoms with Crippen LogP contribution in [0.3, 0.4) is 0 Å². The van der Waals surface area contributed by atoms with Crippen molar-refractivity contribution in [2.24, 2.45) is 15.9 Å². The van der Waals surface area contributed by atoms with E-state index in [0.29, 0.717) is 11.3 Å². The topological polar surface area (TPSA) is 62.1 Å². The Labute approximate surface area is 92.9 Å². The fourth-order valence-corrected chi connectivity index (χ4v) is 1.55. The highest BCUT2D eigenvalue weighted by atomic mass is 16.2. The van der Waals surface area contributed by atoms with Gasteiger partial charge in [0.15, 0.2) is 0 Å². The highest BCUT2D eigenvalue weighted by Gasteiger charge is 2.26. The molecule has 16 heavy (non-hydrogen) atoms. The standard InChI is InChI=1S/C11H11N3O2/c1-14(2)11(16)7-3-4-8-9(5-7)12-6-13-10(8)15/h3-6,8H,1-2H3. The number of nitrogens with zero attached hydrogens (tertiary/aromatic N) is 3. The van der Waals surface area contributed by atoms with Gasteiger partial charge in [-0.25, -0.2) is 9.98 Å². The molecule has 1 atom stereocenters. The van der Waals surface area contributed by atoms with Crippen LogP contribution in [-0.2, 0) is 9.59 Å². The fourth-order valence-electron chi connectivity index (χ4n) is 1.55. The molecule has 1 unspecified atom stereocenters. The predicted molar refractivity (Wildman–Crippen MR) is 60.3 cm³/mol. The van der Waals surface area contributed by atoms with Gasteiger partial charge in [-0.2, -0.15) is 0 Å². The molecule has 0 saturated carbocycles. The van der Waals surface area contributed by atoms with E-state index in [0.717, 1.165) is 0 Å². The molecule has 0 spiro atoms. The van der Waals surface area contributed by atoms with Gasteiger partial charge in [0.05, 0.1) is 5.71 Å². The van der Waals surface area contributed by atoms with E-state index in [-0.39, 0.29) is 11.8 Å². The van der Waals surface area contributed by atoms with Crippen LogP contribution in [0, 0.1) is 5.92 Å². The monoisotopic (exact) mass is 217 g/mol. The molecule has 2 aliphatic rings. The number of likely N-dealkylation sites (N-methyl/N-ethyl adjacent to an activating group) is 1. The number of hydrogen-bond donors (Lipinski definition) is 0. The third kappa shape index (κ3) is 1.71. The minimum absolute atomic E-state index is 0.104. The number of allylic oxidation sites excluding steroid dienone is 1. The number of amides is 2. The summed E-state index contributed by atoms with van der Waals surface area (Å²) in [6.07, 6.45) is 6.16. The van der Waals surface area contributed by atoms with E-state index in [1.807, 2.05) is 0 Å². The summed E-state index contributed by atoms with van der Waals surface area (Å²) >= 11 is 0. The van der Waals surface area contributed by atoms with Gasteiger partial charge in [-0.15, -0.1) is 0 Å². The van der Waals surface area contributed by atoms with Crippen molar-refractivity contribution in [1.29, 1.82) is 0 Å². The quantitative estimate of drug-likeness (QED) is 0.629. The summed E-state index contributed by atoms with van der Waals surface area (Å²) in [4.78, 5) is 32.1. The molecular weight excluding hydrogens is 206 g/mol. The zero-order valence-electron chi connectivity index (χ0n) is 9.04. The normalized spacial score (nSPS) is 22.4. The van der Waals surface area contributed by atoms with E-state index >= 15 is 0 Å². The van der Waals surface area contributed by atoms with Gasteiger partial charge in [-0.3, -0.25) is 9.59 Å². The summed E-state index contributed by atoms with van der Waals surface area (Å²) < 4.78 is 0. The summed E-state index contributed by atoms with van der Waals surface area (Å²) in [6.45, 7) is 0. The second-order valence-electron chi connectivity index (χ2n) is 3.77. The second-order valence-corrected chi connectivity index (χ2v) is 3.77. The summed E-state index contributed by atoms with van der Waals surface area (Å²) in [5.74, 6) is -0.773. The molecule has 0 aromatic rings. The number of carbonyl (C=O) groups is 2. The first-order valence-electron chi connectivity index (χ1n) is 4.85. The van der Waals surface area contributed by atoms with Crippen molar-refractivity contribution in [3.8, 4) is 0 Å². The molecule has 1 aliphatic heterocycles. The van der Waals surface area contributed by atoms with E-state index in [9.17, 15) is 9.59 Å². The minimum Gasteiger partial charge on any atom is -0.345 e. The second kappa shape index (κ2) is 3.84. The van der Waals surface area contributed by atoms with Gasteiger partial charge in [-0.1, -0.05) is 12.2 Å². The average Bonchev–Trinajstić information content (AvgIpc) is 2.28. The van der Waals surface area contributed by atoms with Crippen molar-refractivity contribution in [2.75, 3.05) is 14.1 Å². The maximum absolute atomic E-state index is 11.7. The third-order valence-corrected chi connectivity index (χ3v) is 2.40. The Bertz CT molecular complexity index is 470. The van der Waals surface area contributed by atoms with E-state index in [2.05, 4.69) is 9.98 Å². The number of rotatable bonds is 1. The Morgan fingerprint density at radius 3 is 2.88 bits per heavy atom. The van der Waals surface area contributed by atoms with Gasteiger partial charge < -0.3 is 4.90 Å². The third-order valence-electron chi connectivity index (χ3n) is 2.40. The van der Waals surface area contributed by atoms with Crippen LogP contribution in [0.2, 0.25) is 0 Å². The van der Waals surface area contributed by atoms with Crippen molar-refractivity contribution in [2.45, 2.75) is 0 Å². The number of fused-ring (bicyclic) bond motifs is 1. The summed E-state index contributed by atoms with van der Waals surface area (Å²) in [6, 6.07) is 0. The lowest BCUT2D eigenvalue weighted by Gasteiger charge is -2.18. The lowest BCUT2D eigenvalue weighted by atomic mass is 9.93. The zero-order valence-corrected chi connectivity index (χ0v) is 9.04. The zero-order chi connectivity index (χ0) is 11.7. The summed E-state index contributed by atoms with van der Waals surface area (Å²) in [5.41, 5.74) is 1.11. The molecule has 1 aliphatic carbocycles. The Morgan fingerprint density at radius 2 is 2.19 bits per heavy atom. The van der Waals surface area contributed by atoms with Crippen LogP contribution in [0.1, 0.15) is 0 Å². The average molecular weight is 217 g/mol. The first kappa shape index (κ1) is 10.5. The van der Waals surface area contributed by atoms with Crippen LogP contribution in [-0.4, -0.2) is 42.9 Å². The van der Waals surface area contributed by atoms with Gasteiger partial charge in [0.25, 0.3) is 11.8 Å². The lowest BCUT2D eigenvalue weighted by Crippen LogP contribution is -2.29. The summed E-state index contributed by atoms with van der Waals surface area (Å²) in [5, 5.41) is 0. The van der Waals surface area contributed by atoms with Gasteiger partial charge in [-0.05, 0) is 6.08 Å². The Balaban J connectivity index is 2.32. The van der Waals surface area contributed by atoms with E-state index in [1.54, 1.807) is 32.3 Å². The molecule has 82 valence electrons. The summed E-state index contributed by atoms with van der Waals surface area (Å²) in [7, 11) is 3.36. The van der Waals surface area contributed by atoms with Crippen LogP contribution < -0.4 is 0 Å². The molecular formula is C11H11N3O2. The molecule has 0 N–H and O–H groups in total. The van der Waals surface area contributed by atoms with Crippen LogP contribution in [0.5, 0.6) is 0 Å². The Kier molecular flexibility index (Phi) is 2.52. The Morgan fingerprint density at radius 1 is 1.44 bits per heavy atom. The molecule has 5 heteroatoms. The molecule has 1 heterocycles. The Hall–Kier alpha value is -2.04. The lowest BCUT2D eigenvalue weighted by molar-refractivity contribution is -0.124. The number of aliphatic imine (C=N–C) groups is 2. The highest BCUT2D eigenvalue weighted by Crippen LogP contribution is 2.18. The van der Waals surface area contributed by atoms with Gasteiger partial charge in [0.1, 0.15) is 12.3 Å². The molecule has 2 rings (SSSR count). The van der Waals surface area contributed by atoms with Crippen molar-refractivity contribution in [3.05, 3.63) is 23.8 Å². The molecule has 0 saturated heterocycles. The molecule has 0 radical (unpaired) electrons. The first-order chi connectivity index (χ1) is 7.59. The van der Waals surface area contributed by atoms with Crippen molar-refractivity contribution < 1.29 is 9.59 Å². The minimum atomic E-state index is -0.427. The smallest absolute Gasteiger partial charge is 0.260 e. The fraction of sp³-hybridized carbons (Fsp3) is 0.273. The molecule has 0 aromatic carbocycles. The van der Waals surface area contributed by atoms with E-state index < -0.39 is 5.92 Å². The van der Waals surface area contributed by atoms with Crippen molar-refractivity contribution in [1.82, 2.24) is 4.90 Å². The molecule has 5 nitrogen and oxygen atoms in total. The van der Waals surface area contributed by atoms with Crippen LogP contribution in [0.25, 0.3) is 0 Å². The van der Waals surface area contributed by atoms with Crippen molar-refractivity contribution >= 4 is 23.9 Å². The SMILES string of the molecule is CN(C)C(=O)C1=CC2=NC=NC(=O)C2C=C1. The van der Waals surface area contributed by atoms with Crippen LogP contribution >= 0.6 is 0 Å². The molecule has 2 amide bonds. The molecule has 0 fully saturated rings. The van der Waals surface area contributed by atoms with Gasteiger partial charge in [0, 0.05) is 19.7 Å². The first-order valence-corrected chi connectivity index (χ1v) is 4.85. The van der Waals surface area contributed by atoms with E-state index in [4.69, 9.17) is 0 Å². The van der Waals surface area contributed by atoms with Gasteiger partial charge >= 0.3 is 0 Å². The largest absolute Gasteiger partial charge is 0.345 e. The maximum Gasteiger partial charge on any atom is 0.260 e. The molecule has 0 aromatic heterocycles. The van der Waals surface area contributed by atoms with Crippen LogP contribution in [0.15, 0.2) is 33.8 Å². The van der Waals surface area contributed by atoms with Crippen molar-refractivity contribution in [3.63, 3.8) is 0 Å². The maximum atomic E-state index is 11.7. The number of carbonyl (C=O) groups excluding carboxylic acids is 2. The van der Waals surface area contributed by atoms with Crippen LogP contribution in [0.4, 0.5) is 0 Å². The van der Waals surface area contributed by atoms with E-state index in [1.165, 1.54) is 11.2 Å². The van der Waals surface area contributed by atoms with Gasteiger partial charge in [0.2, 0.25) is 0 Å².